The van der Waals surface area contributed by atoms with Gasteiger partial charge in [-0.15, -0.1) is 0 Å². The quantitative estimate of drug-likeness (QED) is 0.474. The first-order valence-corrected chi connectivity index (χ1v) is 12.0. The Bertz CT molecular complexity index is 991. The lowest BCUT2D eigenvalue weighted by molar-refractivity contribution is 0.0463. The summed E-state index contributed by atoms with van der Waals surface area (Å²) in [6, 6.07) is 27.6. The normalized spacial score (nSPS) is 16.7. The molecule has 0 saturated heterocycles. The molecule has 0 spiro atoms. The summed E-state index contributed by atoms with van der Waals surface area (Å²) in [5.41, 5.74) is 5.44. The number of fused-ring (bicyclic) bond motifs is 1. The largest absolute Gasteiger partial charge is 0.491 e. The van der Waals surface area contributed by atoms with Crippen molar-refractivity contribution in [3.8, 4) is 5.75 Å². The first kappa shape index (κ1) is 23.3. The maximum absolute atomic E-state index is 10.9. The number of ether oxygens (including phenoxy) is 1. The van der Waals surface area contributed by atoms with Crippen LogP contribution in [0.1, 0.15) is 29.5 Å². The van der Waals surface area contributed by atoms with E-state index in [0.29, 0.717) is 19.2 Å². The van der Waals surface area contributed by atoms with Gasteiger partial charge < -0.3 is 14.7 Å². The van der Waals surface area contributed by atoms with Gasteiger partial charge in [0.05, 0.1) is 0 Å². The van der Waals surface area contributed by atoms with Crippen LogP contribution in [-0.2, 0) is 19.4 Å². The molecule has 0 aliphatic heterocycles. The highest BCUT2D eigenvalue weighted by Gasteiger charge is 2.25. The van der Waals surface area contributed by atoms with E-state index >= 15 is 0 Å². The van der Waals surface area contributed by atoms with Gasteiger partial charge in [-0.05, 0) is 66.6 Å². The zero-order valence-corrected chi connectivity index (χ0v) is 19.9. The number of anilines is 1. The molecule has 0 aromatic heterocycles. The van der Waals surface area contributed by atoms with Crippen LogP contribution in [0.25, 0.3) is 0 Å². The Morgan fingerprint density at radius 1 is 0.939 bits per heavy atom. The molecule has 1 unspecified atom stereocenters. The Morgan fingerprint density at radius 2 is 1.67 bits per heavy atom. The number of hydrogen-bond acceptors (Lipinski definition) is 4. The van der Waals surface area contributed by atoms with E-state index in [-0.39, 0.29) is 0 Å². The summed E-state index contributed by atoms with van der Waals surface area (Å²) in [5.74, 6) is 0.797. The van der Waals surface area contributed by atoms with Gasteiger partial charge in [-0.2, -0.15) is 0 Å². The van der Waals surface area contributed by atoms with Crippen molar-refractivity contribution in [2.24, 2.45) is 0 Å². The number of hydrogen-bond donors (Lipinski definition) is 1. The van der Waals surface area contributed by atoms with E-state index in [9.17, 15) is 5.11 Å². The smallest absolute Gasteiger partial charge is 0.119 e. The van der Waals surface area contributed by atoms with Gasteiger partial charge >= 0.3 is 0 Å². The minimum atomic E-state index is -0.551. The van der Waals surface area contributed by atoms with E-state index in [4.69, 9.17) is 4.74 Å². The Morgan fingerprint density at radius 3 is 2.39 bits per heavy atom. The third-order valence-corrected chi connectivity index (χ3v) is 6.52. The van der Waals surface area contributed by atoms with E-state index in [1.165, 1.54) is 28.8 Å². The molecule has 0 amide bonds. The van der Waals surface area contributed by atoms with Gasteiger partial charge in [0.15, 0.2) is 0 Å². The van der Waals surface area contributed by atoms with E-state index < -0.39 is 6.10 Å². The maximum atomic E-state index is 10.9. The van der Waals surface area contributed by atoms with E-state index in [1.54, 1.807) is 0 Å². The summed E-state index contributed by atoms with van der Waals surface area (Å²) in [4.78, 5) is 4.64. The van der Waals surface area contributed by atoms with Gasteiger partial charge in [-0.25, -0.2) is 0 Å². The summed E-state index contributed by atoms with van der Waals surface area (Å²) in [7, 11) is 4.20. The van der Waals surface area contributed by atoms with Gasteiger partial charge in [-0.1, -0.05) is 54.6 Å². The molecule has 0 saturated carbocycles. The number of para-hydroxylation sites is 1. The molecule has 0 bridgehead atoms. The van der Waals surface area contributed by atoms with Crippen molar-refractivity contribution in [1.82, 2.24) is 4.90 Å². The molecule has 4 rings (SSSR count). The van der Waals surface area contributed by atoms with Crippen molar-refractivity contribution in [2.45, 2.75) is 44.4 Å². The van der Waals surface area contributed by atoms with Crippen molar-refractivity contribution >= 4 is 5.69 Å². The molecule has 33 heavy (non-hydrogen) atoms. The van der Waals surface area contributed by atoms with Crippen LogP contribution >= 0.6 is 0 Å². The van der Waals surface area contributed by atoms with Crippen LogP contribution in [0.3, 0.4) is 0 Å². The van der Waals surface area contributed by atoms with Crippen molar-refractivity contribution in [1.29, 1.82) is 0 Å². The number of nitrogens with zero attached hydrogens (tertiary/aromatic N) is 2. The van der Waals surface area contributed by atoms with Crippen LogP contribution in [0.15, 0.2) is 78.9 Å². The van der Waals surface area contributed by atoms with Gasteiger partial charge in [-0.3, -0.25) is 4.90 Å². The lowest BCUT2D eigenvalue weighted by Gasteiger charge is -2.33. The van der Waals surface area contributed by atoms with E-state index in [0.717, 1.165) is 31.6 Å². The van der Waals surface area contributed by atoms with Crippen LogP contribution in [-0.4, -0.2) is 49.4 Å². The fourth-order valence-corrected chi connectivity index (χ4v) is 4.71. The Labute approximate surface area is 198 Å². The number of benzene rings is 3. The molecule has 1 aliphatic carbocycles. The van der Waals surface area contributed by atoms with E-state index in [2.05, 4.69) is 72.4 Å². The molecular formula is C29H36N2O2. The zero-order chi connectivity index (χ0) is 23.0. The van der Waals surface area contributed by atoms with Gasteiger partial charge in [0.25, 0.3) is 0 Å². The minimum Gasteiger partial charge on any atom is -0.491 e. The molecule has 3 aromatic rings. The van der Waals surface area contributed by atoms with Crippen LogP contribution in [0.2, 0.25) is 0 Å². The van der Waals surface area contributed by atoms with Crippen molar-refractivity contribution < 1.29 is 9.84 Å². The minimum absolute atomic E-state index is 0.295. The first-order valence-electron chi connectivity index (χ1n) is 12.0. The summed E-state index contributed by atoms with van der Waals surface area (Å²) in [6.45, 7) is 1.72. The Kier molecular flexibility index (Phi) is 8.03. The molecule has 1 N–H and O–H groups in total. The lowest BCUT2D eigenvalue weighted by atomic mass is 9.99. The fraction of sp³-hybridized carbons (Fsp3) is 0.379. The predicted molar refractivity (Wildman–Crippen MR) is 136 cm³/mol. The maximum Gasteiger partial charge on any atom is 0.119 e. The molecule has 0 fully saturated rings. The zero-order valence-electron chi connectivity index (χ0n) is 19.9. The van der Waals surface area contributed by atoms with Crippen molar-refractivity contribution in [3.05, 3.63) is 95.6 Å². The second-order valence-electron chi connectivity index (χ2n) is 9.29. The molecule has 3 aromatic carbocycles. The second kappa shape index (κ2) is 11.4. The molecule has 0 radical (unpaired) electrons. The Hall–Kier alpha value is -2.82. The van der Waals surface area contributed by atoms with E-state index in [1.807, 2.05) is 30.3 Å². The second-order valence-corrected chi connectivity index (χ2v) is 9.29. The van der Waals surface area contributed by atoms with Crippen molar-refractivity contribution in [3.63, 3.8) is 0 Å². The Balaban J connectivity index is 1.50. The highest BCUT2D eigenvalue weighted by Crippen LogP contribution is 2.28. The highest BCUT2D eigenvalue weighted by atomic mass is 16.5. The summed E-state index contributed by atoms with van der Waals surface area (Å²) < 4.78 is 5.85. The number of rotatable bonds is 9. The molecule has 2 atom stereocenters. The lowest BCUT2D eigenvalue weighted by Crippen LogP contribution is -2.42. The molecule has 174 valence electrons. The third kappa shape index (κ3) is 6.59. The summed E-state index contributed by atoms with van der Waals surface area (Å²) in [5, 5.41) is 10.9. The fourth-order valence-electron chi connectivity index (χ4n) is 4.71. The SMILES string of the molecule is CN(C)c1ccc2c(c1)CC(N(Cc1ccccc1)C[C@H](O)COc1ccccc1)CCC2. The van der Waals surface area contributed by atoms with Crippen molar-refractivity contribution in [2.75, 3.05) is 32.1 Å². The first-order chi connectivity index (χ1) is 16.1. The predicted octanol–water partition coefficient (Wildman–Crippen LogP) is 4.94. The standard InChI is InChI=1S/C29H36N2O2/c1-30(2)26-17-16-24-12-9-13-27(19-25(24)18-26)31(20-23-10-5-3-6-11-23)21-28(32)22-33-29-14-7-4-8-15-29/h3-8,10-11,14-18,27-28,32H,9,12-13,19-22H2,1-2H3/t27?,28-/m0/s1. The average molecular weight is 445 g/mol. The van der Waals surface area contributed by atoms with Crippen LogP contribution in [0, 0.1) is 0 Å². The number of aliphatic hydroxyl groups excluding tert-OH is 1. The topological polar surface area (TPSA) is 35.9 Å². The van der Waals surface area contributed by atoms with Crippen LogP contribution < -0.4 is 9.64 Å². The molecule has 0 heterocycles. The van der Waals surface area contributed by atoms with Crippen LogP contribution in [0.5, 0.6) is 5.75 Å². The highest BCUT2D eigenvalue weighted by molar-refractivity contribution is 5.50. The van der Waals surface area contributed by atoms with Gasteiger partial charge in [0.1, 0.15) is 18.5 Å². The third-order valence-electron chi connectivity index (χ3n) is 6.52. The summed E-state index contributed by atoms with van der Waals surface area (Å²) in [6.07, 6.45) is 3.88. The van der Waals surface area contributed by atoms with Gasteiger partial charge in [0.2, 0.25) is 0 Å². The molecule has 4 nitrogen and oxygen atoms in total. The number of aryl methyl sites for hydroxylation is 1. The average Bonchev–Trinajstić information content (AvgIpc) is 3.05. The van der Waals surface area contributed by atoms with Gasteiger partial charge in [0, 0.05) is 38.9 Å². The molecule has 4 heteroatoms. The molecular weight excluding hydrogens is 408 g/mol. The summed E-state index contributed by atoms with van der Waals surface area (Å²) >= 11 is 0. The number of aliphatic hydroxyl groups is 1. The monoisotopic (exact) mass is 444 g/mol. The van der Waals surface area contributed by atoms with Crippen LogP contribution in [0.4, 0.5) is 5.69 Å². The molecule has 1 aliphatic rings.